The Bertz CT molecular complexity index is 80.0. The second kappa shape index (κ2) is 5.62. The van der Waals surface area contributed by atoms with Crippen molar-refractivity contribution in [3.8, 4) is 0 Å². The normalized spacial score (nSPS) is 12.0. The number of rotatable bonds is 6. The summed E-state index contributed by atoms with van der Waals surface area (Å²) in [5.74, 6) is 0. The molecule has 0 radical (unpaired) electrons. The van der Waals surface area contributed by atoms with Crippen molar-refractivity contribution in [2.24, 2.45) is 5.41 Å². The highest BCUT2D eigenvalue weighted by Gasteiger charge is 2.17. The van der Waals surface area contributed by atoms with Crippen molar-refractivity contribution in [2.75, 3.05) is 0 Å². The van der Waals surface area contributed by atoms with Gasteiger partial charge in [-0.2, -0.15) is 0 Å². The van der Waals surface area contributed by atoms with Gasteiger partial charge in [0.05, 0.1) is 0 Å². The minimum absolute atomic E-state index is 0.634. The zero-order chi connectivity index (χ0) is 8.74. The van der Waals surface area contributed by atoms with Crippen molar-refractivity contribution in [2.45, 2.75) is 66.2 Å². The molecular weight excluding hydrogens is 132 g/mol. The molecule has 0 aliphatic carbocycles. The van der Waals surface area contributed by atoms with Crippen LogP contribution in [0.15, 0.2) is 0 Å². The first-order valence-electron chi connectivity index (χ1n) is 5.18. The van der Waals surface area contributed by atoms with Crippen LogP contribution in [0.1, 0.15) is 66.2 Å². The fraction of sp³-hybridized carbons (Fsp3) is 1.00. The number of hydrogen-bond donors (Lipinski definition) is 0. The molecule has 0 aliphatic rings. The van der Waals surface area contributed by atoms with Crippen LogP contribution in [0.25, 0.3) is 0 Å². The van der Waals surface area contributed by atoms with Crippen molar-refractivity contribution >= 4 is 0 Å². The summed E-state index contributed by atoms with van der Waals surface area (Å²) < 4.78 is 0. The first-order valence-corrected chi connectivity index (χ1v) is 5.18. The van der Waals surface area contributed by atoms with Gasteiger partial charge in [-0.25, -0.2) is 0 Å². The molecule has 0 rings (SSSR count). The van der Waals surface area contributed by atoms with E-state index < -0.39 is 0 Å². The van der Waals surface area contributed by atoms with Crippen LogP contribution in [-0.2, 0) is 0 Å². The molecule has 0 aromatic carbocycles. The molecule has 0 spiro atoms. The molecule has 0 saturated heterocycles. The average Bonchev–Trinajstić information content (AvgIpc) is 2.05. The fourth-order valence-corrected chi connectivity index (χ4v) is 1.41. The monoisotopic (exact) mass is 156 g/mol. The highest BCUT2D eigenvalue weighted by atomic mass is 14.2. The van der Waals surface area contributed by atoms with Crippen LogP contribution < -0.4 is 0 Å². The summed E-state index contributed by atoms with van der Waals surface area (Å²) in [4.78, 5) is 0. The van der Waals surface area contributed by atoms with Crippen molar-refractivity contribution in [3.05, 3.63) is 0 Å². The van der Waals surface area contributed by atoms with Crippen LogP contribution >= 0.6 is 0 Å². The standard InChI is InChI=1S/C11H24/c1-5-8-9-10-11(4,6-2)7-3/h5-10H2,1-4H3. The van der Waals surface area contributed by atoms with Gasteiger partial charge in [0.2, 0.25) is 0 Å². The summed E-state index contributed by atoms with van der Waals surface area (Å²) in [5, 5.41) is 0. The van der Waals surface area contributed by atoms with E-state index in [-0.39, 0.29) is 0 Å². The van der Waals surface area contributed by atoms with E-state index in [1.165, 1.54) is 38.5 Å². The number of hydrogen-bond acceptors (Lipinski definition) is 0. The van der Waals surface area contributed by atoms with Gasteiger partial charge >= 0.3 is 0 Å². The Balaban J connectivity index is 3.51. The third-order valence-electron chi connectivity index (χ3n) is 3.09. The largest absolute Gasteiger partial charge is 0.0654 e. The summed E-state index contributed by atoms with van der Waals surface area (Å²) in [6, 6.07) is 0. The molecule has 11 heavy (non-hydrogen) atoms. The van der Waals surface area contributed by atoms with E-state index in [1.807, 2.05) is 0 Å². The van der Waals surface area contributed by atoms with Crippen LogP contribution in [0.4, 0.5) is 0 Å². The van der Waals surface area contributed by atoms with Crippen molar-refractivity contribution in [3.63, 3.8) is 0 Å². The summed E-state index contributed by atoms with van der Waals surface area (Å²) in [7, 11) is 0. The van der Waals surface area contributed by atoms with Crippen LogP contribution in [0.5, 0.6) is 0 Å². The van der Waals surface area contributed by atoms with Gasteiger partial charge in [-0.1, -0.05) is 59.8 Å². The summed E-state index contributed by atoms with van der Waals surface area (Å²) in [5.41, 5.74) is 0.634. The second-order valence-corrected chi connectivity index (χ2v) is 3.97. The molecule has 0 aromatic heterocycles. The lowest BCUT2D eigenvalue weighted by Crippen LogP contribution is -2.13. The Labute approximate surface area is 72.4 Å². The van der Waals surface area contributed by atoms with Crippen LogP contribution in [-0.4, -0.2) is 0 Å². The van der Waals surface area contributed by atoms with Gasteiger partial charge in [-0.05, 0) is 11.8 Å². The van der Waals surface area contributed by atoms with Crippen LogP contribution in [0.2, 0.25) is 0 Å². The van der Waals surface area contributed by atoms with E-state index >= 15 is 0 Å². The summed E-state index contributed by atoms with van der Waals surface area (Å²) in [6.45, 7) is 9.32. The summed E-state index contributed by atoms with van der Waals surface area (Å²) in [6.07, 6.45) is 8.29. The Morgan fingerprint density at radius 3 is 1.82 bits per heavy atom. The molecule has 0 aromatic rings. The Kier molecular flexibility index (Phi) is 5.62. The number of unbranched alkanes of at least 4 members (excludes halogenated alkanes) is 2. The Morgan fingerprint density at radius 1 is 0.909 bits per heavy atom. The molecule has 68 valence electrons. The van der Waals surface area contributed by atoms with Crippen molar-refractivity contribution in [1.29, 1.82) is 0 Å². The molecule has 0 atom stereocenters. The van der Waals surface area contributed by atoms with Gasteiger partial charge in [0.25, 0.3) is 0 Å². The maximum atomic E-state index is 2.42. The van der Waals surface area contributed by atoms with Crippen LogP contribution in [0.3, 0.4) is 0 Å². The molecule has 0 aliphatic heterocycles. The van der Waals surface area contributed by atoms with Gasteiger partial charge in [-0.15, -0.1) is 0 Å². The molecule has 0 bridgehead atoms. The Morgan fingerprint density at radius 2 is 1.45 bits per heavy atom. The molecule has 0 fully saturated rings. The molecule has 0 nitrogen and oxygen atoms in total. The van der Waals surface area contributed by atoms with E-state index in [4.69, 9.17) is 0 Å². The highest BCUT2D eigenvalue weighted by Crippen LogP contribution is 2.31. The van der Waals surface area contributed by atoms with Crippen molar-refractivity contribution < 1.29 is 0 Å². The zero-order valence-corrected chi connectivity index (χ0v) is 8.74. The molecule has 0 heterocycles. The van der Waals surface area contributed by atoms with Gasteiger partial charge < -0.3 is 0 Å². The molecule has 0 amide bonds. The third-order valence-corrected chi connectivity index (χ3v) is 3.09. The Hall–Kier alpha value is 0. The van der Waals surface area contributed by atoms with E-state index in [0.29, 0.717) is 5.41 Å². The SMILES string of the molecule is CCCCCC(C)(CC)CC. The predicted octanol–water partition coefficient (Wildman–Crippen LogP) is 4.39. The zero-order valence-electron chi connectivity index (χ0n) is 8.74. The molecule has 0 heteroatoms. The lowest BCUT2D eigenvalue weighted by molar-refractivity contribution is 0.263. The third kappa shape index (κ3) is 4.44. The quantitative estimate of drug-likeness (QED) is 0.500. The first kappa shape index (κ1) is 11.0. The van der Waals surface area contributed by atoms with Gasteiger partial charge in [0.15, 0.2) is 0 Å². The average molecular weight is 156 g/mol. The molecule has 0 unspecified atom stereocenters. The maximum absolute atomic E-state index is 2.42. The first-order chi connectivity index (χ1) is 5.18. The van der Waals surface area contributed by atoms with E-state index in [2.05, 4.69) is 27.7 Å². The molecule has 0 N–H and O–H groups in total. The molecular formula is C11H24. The van der Waals surface area contributed by atoms with Gasteiger partial charge in [0.1, 0.15) is 0 Å². The maximum Gasteiger partial charge on any atom is -0.0331 e. The van der Waals surface area contributed by atoms with E-state index in [0.717, 1.165) is 0 Å². The summed E-state index contributed by atoms with van der Waals surface area (Å²) >= 11 is 0. The smallest absolute Gasteiger partial charge is 0.0331 e. The fourth-order valence-electron chi connectivity index (χ4n) is 1.41. The van der Waals surface area contributed by atoms with Crippen molar-refractivity contribution in [1.82, 2.24) is 0 Å². The lowest BCUT2D eigenvalue weighted by atomic mass is 9.80. The van der Waals surface area contributed by atoms with Gasteiger partial charge in [0, 0.05) is 0 Å². The predicted molar refractivity (Wildman–Crippen MR) is 52.8 cm³/mol. The highest BCUT2D eigenvalue weighted by molar-refractivity contribution is 4.70. The minimum Gasteiger partial charge on any atom is -0.0654 e. The molecule has 0 saturated carbocycles. The lowest BCUT2D eigenvalue weighted by Gasteiger charge is -2.26. The van der Waals surface area contributed by atoms with Gasteiger partial charge in [-0.3, -0.25) is 0 Å². The topological polar surface area (TPSA) is 0 Å². The van der Waals surface area contributed by atoms with Crippen LogP contribution in [0, 0.1) is 5.41 Å². The second-order valence-electron chi connectivity index (χ2n) is 3.97. The minimum atomic E-state index is 0.634. The van der Waals surface area contributed by atoms with E-state index in [9.17, 15) is 0 Å². The van der Waals surface area contributed by atoms with E-state index in [1.54, 1.807) is 0 Å².